The van der Waals surface area contributed by atoms with E-state index in [2.05, 4.69) is 5.32 Å². The Bertz CT molecular complexity index is 1450. The highest BCUT2D eigenvalue weighted by molar-refractivity contribution is 6.35. The van der Waals surface area contributed by atoms with Gasteiger partial charge in [0.05, 0.1) is 40.1 Å². The van der Waals surface area contributed by atoms with Crippen LogP contribution in [-0.4, -0.2) is 56.2 Å². The van der Waals surface area contributed by atoms with Crippen LogP contribution in [0.1, 0.15) is 51.7 Å². The second-order valence-electron chi connectivity index (χ2n) is 12.3. The summed E-state index contributed by atoms with van der Waals surface area (Å²) in [6, 6.07) is 10.4. The van der Waals surface area contributed by atoms with Crippen molar-refractivity contribution in [1.29, 1.82) is 0 Å². The Morgan fingerprint density at radius 2 is 1.77 bits per heavy atom. The molecule has 0 aromatic heterocycles. The first kappa shape index (κ1) is 33.6. The number of esters is 1. The Kier molecular flexibility index (Phi) is 10.2. The van der Waals surface area contributed by atoms with Crippen LogP contribution in [0.5, 0.6) is 11.5 Å². The van der Waals surface area contributed by atoms with Gasteiger partial charge in [0.15, 0.2) is 11.5 Å². The molecule has 2 aliphatic rings. The molecule has 0 spiro atoms. The van der Waals surface area contributed by atoms with Crippen LogP contribution in [0.15, 0.2) is 48.2 Å². The average Bonchev–Trinajstić information content (AvgIpc) is 2.98. The van der Waals surface area contributed by atoms with Crippen LogP contribution in [0.3, 0.4) is 0 Å². The number of amides is 2. The number of hydrogen-bond donors (Lipinski definition) is 1. The normalized spacial score (nSPS) is 23.4. The van der Waals surface area contributed by atoms with E-state index in [1.54, 1.807) is 42.3 Å². The van der Waals surface area contributed by atoms with Crippen molar-refractivity contribution in [3.8, 4) is 11.5 Å². The summed E-state index contributed by atoms with van der Waals surface area (Å²) in [6.45, 7) is 8.20. The number of hydrogen-bond acceptors (Lipinski definition) is 7. The van der Waals surface area contributed by atoms with Crippen molar-refractivity contribution >= 4 is 41.0 Å². The fraction of sp³-hybridized carbons (Fsp3) is 0.485. The Hall–Kier alpha value is -3.27. The molecule has 238 valence electrons. The van der Waals surface area contributed by atoms with E-state index in [4.69, 9.17) is 42.1 Å². The lowest BCUT2D eigenvalue weighted by atomic mass is 9.65. The molecule has 2 aromatic carbocycles. The van der Waals surface area contributed by atoms with Crippen molar-refractivity contribution in [3.05, 3.63) is 69.3 Å². The number of halogens is 2. The molecule has 2 aromatic rings. The highest BCUT2D eigenvalue weighted by Gasteiger charge is 2.60. The number of fused-ring (bicyclic) bond motifs is 1. The quantitative estimate of drug-likeness (QED) is 0.336. The Balaban J connectivity index is 1.69. The molecule has 2 aliphatic heterocycles. The number of benzene rings is 2. The topological polar surface area (TPSA) is 103 Å². The molecular formula is C33H40Cl2N2O7. The molecule has 1 fully saturated rings. The fourth-order valence-corrected chi connectivity index (χ4v) is 6.38. The summed E-state index contributed by atoms with van der Waals surface area (Å²) in [7, 11) is 4.41. The Morgan fingerprint density at radius 1 is 1.07 bits per heavy atom. The predicted molar refractivity (Wildman–Crippen MR) is 167 cm³/mol. The van der Waals surface area contributed by atoms with Crippen molar-refractivity contribution in [1.82, 2.24) is 10.2 Å². The van der Waals surface area contributed by atoms with E-state index >= 15 is 0 Å². The zero-order valence-electron chi connectivity index (χ0n) is 26.2. The molecule has 44 heavy (non-hydrogen) atoms. The maximum atomic E-state index is 14.3. The van der Waals surface area contributed by atoms with Gasteiger partial charge in [-0.25, -0.2) is 0 Å². The highest BCUT2D eigenvalue weighted by atomic mass is 35.5. The van der Waals surface area contributed by atoms with Crippen LogP contribution >= 0.6 is 23.2 Å². The van der Waals surface area contributed by atoms with Crippen molar-refractivity contribution in [3.63, 3.8) is 0 Å². The molecule has 11 heteroatoms. The lowest BCUT2D eigenvalue weighted by molar-refractivity contribution is -0.180. The van der Waals surface area contributed by atoms with Crippen molar-refractivity contribution in [2.75, 3.05) is 21.3 Å². The Morgan fingerprint density at radius 3 is 2.39 bits per heavy atom. The minimum Gasteiger partial charge on any atom is -0.493 e. The number of rotatable bonds is 9. The van der Waals surface area contributed by atoms with Crippen LogP contribution in [0.4, 0.5) is 0 Å². The number of nitrogens with zero attached hydrogens (tertiary/aromatic N) is 1. The van der Waals surface area contributed by atoms with Crippen molar-refractivity contribution in [2.24, 2.45) is 16.7 Å². The molecule has 2 amide bonds. The number of methoxy groups -OCH3 is 3. The third-order valence-corrected chi connectivity index (χ3v) is 8.99. The van der Waals surface area contributed by atoms with Gasteiger partial charge in [-0.3, -0.25) is 14.4 Å². The van der Waals surface area contributed by atoms with E-state index in [0.29, 0.717) is 32.8 Å². The minimum atomic E-state index is -1.32. The van der Waals surface area contributed by atoms with E-state index in [0.717, 1.165) is 5.56 Å². The smallest absolute Gasteiger partial charge is 0.320 e. The lowest BCUT2D eigenvalue weighted by Crippen LogP contribution is -2.61. The molecular weight excluding hydrogens is 607 g/mol. The summed E-state index contributed by atoms with van der Waals surface area (Å²) in [5, 5.41) is 3.74. The van der Waals surface area contributed by atoms with Gasteiger partial charge in [-0.15, -0.1) is 0 Å². The number of ether oxygens (including phenoxy) is 4. The molecule has 9 nitrogen and oxygen atoms in total. The van der Waals surface area contributed by atoms with Gasteiger partial charge in [0.2, 0.25) is 11.8 Å². The first-order valence-corrected chi connectivity index (χ1v) is 15.2. The number of likely N-dealkylation sites (tertiary alicyclic amines) is 1. The summed E-state index contributed by atoms with van der Waals surface area (Å²) < 4.78 is 22.4. The number of piperidine rings is 1. The van der Waals surface area contributed by atoms with E-state index in [-0.39, 0.29) is 49.3 Å². The van der Waals surface area contributed by atoms with Crippen LogP contribution in [0, 0.1) is 16.7 Å². The largest absolute Gasteiger partial charge is 0.493 e. The average molecular weight is 648 g/mol. The second-order valence-corrected chi connectivity index (χ2v) is 13.2. The summed E-state index contributed by atoms with van der Waals surface area (Å²) in [6.07, 6.45) is 0.733. The first-order valence-electron chi connectivity index (χ1n) is 14.4. The summed E-state index contributed by atoms with van der Waals surface area (Å²) >= 11 is 12.7. The standard InChI is InChI=1S/C33H40Cl2N2O7/c1-19-33(31(40)43-7)16-22(13-29(38)36-17-20-8-11-25(41-5)26(12-20)42-6)30(39)37(18-21-9-10-23(34)14-24(21)35)27(33)15-28(44-19)32(2,3)4/h8-12,14-15,19,22,28H,13,16-18H2,1-7H3,(H,36,38)/t19-,22+,28-,33+/m1/s1. The molecule has 0 bridgehead atoms. The molecule has 1 N–H and O–H groups in total. The van der Waals surface area contributed by atoms with Crippen molar-refractivity contribution in [2.45, 2.75) is 65.8 Å². The monoisotopic (exact) mass is 646 g/mol. The van der Waals surface area contributed by atoms with E-state index in [9.17, 15) is 14.4 Å². The molecule has 0 aliphatic carbocycles. The maximum absolute atomic E-state index is 14.3. The SMILES string of the molecule is COC(=O)[C@]12C[C@H](CC(=O)NCc3ccc(OC)c(OC)c3)C(=O)N(Cc3ccc(Cl)cc3Cl)C1=C[C@H](C(C)(C)C)O[C@@H]2C. The zero-order valence-corrected chi connectivity index (χ0v) is 27.7. The van der Waals surface area contributed by atoms with Crippen LogP contribution in [-0.2, 0) is 36.9 Å². The van der Waals surface area contributed by atoms with Gasteiger partial charge in [-0.1, -0.05) is 56.1 Å². The van der Waals surface area contributed by atoms with Gasteiger partial charge in [0.1, 0.15) is 5.41 Å². The van der Waals surface area contributed by atoms with Gasteiger partial charge < -0.3 is 29.2 Å². The van der Waals surface area contributed by atoms with E-state index in [1.807, 2.05) is 39.8 Å². The van der Waals surface area contributed by atoms with E-state index < -0.39 is 23.4 Å². The third kappa shape index (κ3) is 6.70. The summed E-state index contributed by atoms with van der Waals surface area (Å²) in [5.74, 6) is -0.876. The first-order chi connectivity index (χ1) is 20.7. The van der Waals surface area contributed by atoms with Crippen LogP contribution < -0.4 is 14.8 Å². The van der Waals surface area contributed by atoms with Gasteiger partial charge in [0.25, 0.3) is 0 Å². The van der Waals surface area contributed by atoms with Gasteiger partial charge in [0, 0.05) is 34.6 Å². The zero-order chi connectivity index (χ0) is 32.4. The number of carbonyl (C=O) groups is 3. The summed E-state index contributed by atoms with van der Waals surface area (Å²) in [4.78, 5) is 42.8. The maximum Gasteiger partial charge on any atom is 0.320 e. The second kappa shape index (κ2) is 13.4. The lowest BCUT2D eigenvalue weighted by Gasteiger charge is -2.53. The van der Waals surface area contributed by atoms with Crippen LogP contribution in [0.2, 0.25) is 10.0 Å². The van der Waals surface area contributed by atoms with Gasteiger partial charge in [-0.05, 0) is 60.2 Å². The molecule has 1 saturated heterocycles. The summed E-state index contributed by atoms with van der Waals surface area (Å²) in [5.41, 5.74) is 0.299. The highest BCUT2D eigenvalue weighted by Crippen LogP contribution is 2.52. The molecule has 0 radical (unpaired) electrons. The molecule has 0 unspecified atom stereocenters. The third-order valence-electron chi connectivity index (χ3n) is 8.40. The number of nitrogens with one attached hydrogen (secondary N) is 1. The molecule has 0 saturated carbocycles. The fourth-order valence-electron chi connectivity index (χ4n) is 5.91. The minimum absolute atomic E-state index is 0.0526. The van der Waals surface area contributed by atoms with Gasteiger partial charge >= 0.3 is 5.97 Å². The van der Waals surface area contributed by atoms with Crippen LogP contribution in [0.25, 0.3) is 0 Å². The molecule has 2 heterocycles. The predicted octanol–water partition coefficient (Wildman–Crippen LogP) is 5.94. The van der Waals surface area contributed by atoms with E-state index in [1.165, 1.54) is 14.2 Å². The van der Waals surface area contributed by atoms with Crippen molar-refractivity contribution < 1.29 is 33.3 Å². The van der Waals surface area contributed by atoms with Gasteiger partial charge in [-0.2, -0.15) is 0 Å². The number of carbonyl (C=O) groups excluding carboxylic acids is 3. The Labute approximate surface area is 268 Å². The molecule has 4 atom stereocenters. The molecule has 4 rings (SSSR count).